The van der Waals surface area contributed by atoms with Crippen molar-refractivity contribution in [3.05, 3.63) is 60.1 Å². The third kappa shape index (κ3) is 2.76. The molecule has 1 N–H and O–H groups in total. The molecule has 3 heterocycles. The van der Waals surface area contributed by atoms with Crippen molar-refractivity contribution in [2.45, 2.75) is 6.92 Å². The Labute approximate surface area is 137 Å². The third-order valence-corrected chi connectivity index (χ3v) is 4.44. The van der Waals surface area contributed by atoms with Crippen LogP contribution in [0.25, 0.3) is 21.5 Å². The molecule has 3 aromatic heterocycles. The number of aromatic nitrogens is 4. The number of nitrogens with one attached hydrogen (secondary N) is 1. The molecule has 0 saturated carbocycles. The van der Waals surface area contributed by atoms with Crippen LogP contribution in [0, 0.1) is 6.92 Å². The van der Waals surface area contributed by atoms with Gasteiger partial charge in [0.15, 0.2) is 0 Å². The number of hydrogen-bond donors (Lipinski definition) is 1. The van der Waals surface area contributed by atoms with Crippen LogP contribution < -0.4 is 5.32 Å². The Morgan fingerprint density at radius 3 is 2.96 bits per heavy atom. The van der Waals surface area contributed by atoms with Gasteiger partial charge in [-0.3, -0.25) is 4.98 Å². The molecular formula is C17H13N5S. The van der Waals surface area contributed by atoms with Crippen molar-refractivity contribution < 1.29 is 0 Å². The molecule has 0 bridgehead atoms. The van der Waals surface area contributed by atoms with E-state index in [1.165, 1.54) is 0 Å². The van der Waals surface area contributed by atoms with Crippen LogP contribution in [0.4, 0.5) is 11.5 Å². The quantitative estimate of drug-likeness (QED) is 0.613. The van der Waals surface area contributed by atoms with E-state index in [0.717, 1.165) is 38.7 Å². The largest absolute Gasteiger partial charge is 0.340 e. The fraction of sp³-hybridized carbons (Fsp3) is 0.0588. The minimum atomic E-state index is 0.768. The SMILES string of the molecule is Cc1csc(-c2cccc(Nc3ncnc4cnccc34)c2)n1. The van der Waals surface area contributed by atoms with Gasteiger partial charge in [0.25, 0.3) is 0 Å². The number of benzene rings is 1. The number of anilines is 2. The van der Waals surface area contributed by atoms with Crippen LogP contribution in [-0.4, -0.2) is 19.9 Å². The van der Waals surface area contributed by atoms with Crippen molar-refractivity contribution in [3.8, 4) is 10.6 Å². The maximum absolute atomic E-state index is 4.54. The summed E-state index contributed by atoms with van der Waals surface area (Å²) in [6.07, 6.45) is 5.02. The van der Waals surface area contributed by atoms with Crippen molar-refractivity contribution >= 4 is 33.7 Å². The summed E-state index contributed by atoms with van der Waals surface area (Å²) in [4.78, 5) is 17.2. The molecule has 5 nitrogen and oxygen atoms in total. The van der Waals surface area contributed by atoms with Gasteiger partial charge in [0.2, 0.25) is 0 Å². The van der Waals surface area contributed by atoms with Crippen LogP contribution in [0.3, 0.4) is 0 Å². The van der Waals surface area contributed by atoms with Gasteiger partial charge in [0.05, 0.1) is 11.7 Å². The number of fused-ring (bicyclic) bond motifs is 1. The smallest absolute Gasteiger partial charge is 0.141 e. The molecule has 0 spiro atoms. The van der Waals surface area contributed by atoms with Crippen molar-refractivity contribution in [3.63, 3.8) is 0 Å². The summed E-state index contributed by atoms with van der Waals surface area (Å²) >= 11 is 1.65. The number of nitrogens with zero attached hydrogens (tertiary/aromatic N) is 4. The highest BCUT2D eigenvalue weighted by molar-refractivity contribution is 7.13. The first-order valence-corrected chi connectivity index (χ1v) is 8.02. The number of hydrogen-bond acceptors (Lipinski definition) is 6. The summed E-state index contributed by atoms with van der Waals surface area (Å²) in [5, 5.41) is 7.38. The molecule has 1 aromatic carbocycles. The normalized spacial score (nSPS) is 10.8. The first-order valence-electron chi connectivity index (χ1n) is 7.14. The summed E-state index contributed by atoms with van der Waals surface area (Å²) in [7, 11) is 0. The summed E-state index contributed by atoms with van der Waals surface area (Å²) < 4.78 is 0. The standard InChI is InChI=1S/C17H13N5S/c1-11-9-23-17(21-11)12-3-2-4-13(7-12)22-16-14-5-6-18-8-15(14)19-10-20-16/h2-10H,1H3,(H,19,20,22). The molecule has 0 saturated heterocycles. The van der Waals surface area contributed by atoms with Crippen molar-refractivity contribution in [1.29, 1.82) is 0 Å². The van der Waals surface area contributed by atoms with Gasteiger partial charge in [0, 0.05) is 33.9 Å². The molecule has 0 aliphatic rings. The Kier molecular flexibility index (Phi) is 3.44. The van der Waals surface area contributed by atoms with E-state index >= 15 is 0 Å². The second-order valence-electron chi connectivity index (χ2n) is 5.11. The Bertz CT molecular complexity index is 974. The van der Waals surface area contributed by atoms with E-state index in [1.807, 2.05) is 25.1 Å². The van der Waals surface area contributed by atoms with Crippen molar-refractivity contribution in [1.82, 2.24) is 19.9 Å². The molecule has 23 heavy (non-hydrogen) atoms. The lowest BCUT2D eigenvalue weighted by molar-refractivity contribution is 1.20. The zero-order chi connectivity index (χ0) is 15.6. The van der Waals surface area contributed by atoms with Crippen LogP contribution in [0.15, 0.2) is 54.4 Å². The summed E-state index contributed by atoms with van der Waals surface area (Å²) in [6, 6.07) is 10.1. The number of aryl methyl sites for hydroxylation is 1. The zero-order valence-corrected chi connectivity index (χ0v) is 13.2. The maximum atomic E-state index is 4.54. The van der Waals surface area contributed by atoms with Crippen molar-refractivity contribution in [2.75, 3.05) is 5.32 Å². The van der Waals surface area contributed by atoms with Gasteiger partial charge >= 0.3 is 0 Å². The van der Waals surface area contributed by atoms with E-state index in [0.29, 0.717) is 0 Å². The van der Waals surface area contributed by atoms with E-state index in [1.54, 1.807) is 30.1 Å². The van der Waals surface area contributed by atoms with Crippen molar-refractivity contribution in [2.24, 2.45) is 0 Å². The molecule has 0 aliphatic heterocycles. The van der Waals surface area contributed by atoms with Gasteiger partial charge in [-0.05, 0) is 25.1 Å². The molecule has 0 unspecified atom stereocenters. The fourth-order valence-electron chi connectivity index (χ4n) is 2.36. The lowest BCUT2D eigenvalue weighted by Gasteiger charge is -2.09. The molecule has 0 aliphatic carbocycles. The average molecular weight is 319 g/mol. The van der Waals surface area contributed by atoms with Gasteiger partial charge < -0.3 is 5.32 Å². The fourth-order valence-corrected chi connectivity index (χ4v) is 3.16. The predicted molar refractivity (Wildman–Crippen MR) is 92.9 cm³/mol. The Balaban J connectivity index is 1.71. The zero-order valence-electron chi connectivity index (χ0n) is 12.4. The van der Waals surface area contributed by atoms with Crippen LogP contribution in [0.1, 0.15) is 5.69 Å². The lowest BCUT2D eigenvalue weighted by atomic mass is 10.2. The van der Waals surface area contributed by atoms with Gasteiger partial charge in [-0.15, -0.1) is 11.3 Å². The second kappa shape index (κ2) is 5.73. The van der Waals surface area contributed by atoms with Crippen LogP contribution >= 0.6 is 11.3 Å². The van der Waals surface area contributed by atoms with E-state index in [9.17, 15) is 0 Å². The van der Waals surface area contributed by atoms with Gasteiger partial charge in [-0.2, -0.15) is 0 Å². The van der Waals surface area contributed by atoms with E-state index in [2.05, 4.69) is 42.8 Å². The second-order valence-corrected chi connectivity index (χ2v) is 5.97. The van der Waals surface area contributed by atoms with Crippen LogP contribution in [-0.2, 0) is 0 Å². The Hall–Kier alpha value is -2.86. The minimum Gasteiger partial charge on any atom is -0.340 e. The molecule has 112 valence electrons. The Morgan fingerprint density at radius 2 is 2.09 bits per heavy atom. The number of pyridine rings is 1. The van der Waals surface area contributed by atoms with E-state index in [-0.39, 0.29) is 0 Å². The first-order chi connectivity index (χ1) is 11.3. The molecule has 4 aromatic rings. The van der Waals surface area contributed by atoms with E-state index in [4.69, 9.17) is 0 Å². The molecule has 6 heteroatoms. The summed E-state index contributed by atoms with van der Waals surface area (Å²) in [5.74, 6) is 0.768. The van der Waals surface area contributed by atoms with Crippen LogP contribution in [0.5, 0.6) is 0 Å². The first kappa shape index (κ1) is 13.8. The molecule has 4 rings (SSSR count). The van der Waals surface area contributed by atoms with Gasteiger partial charge in [0.1, 0.15) is 17.2 Å². The highest BCUT2D eigenvalue weighted by Gasteiger charge is 2.06. The maximum Gasteiger partial charge on any atom is 0.141 e. The molecule has 0 amide bonds. The topological polar surface area (TPSA) is 63.6 Å². The minimum absolute atomic E-state index is 0.768. The lowest BCUT2D eigenvalue weighted by Crippen LogP contribution is -1.96. The van der Waals surface area contributed by atoms with E-state index < -0.39 is 0 Å². The summed E-state index contributed by atoms with van der Waals surface area (Å²) in [6.45, 7) is 2.00. The van der Waals surface area contributed by atoms with Crippen LogP contribution in [0.2, 0.25) is 0 Å². The monoisotopic (exact) mass is 319 g/mol. The average Bonchev–Trinajstić information content (AvgIpc) is 3.02. The number of thiazole rings is 1. The molecule has 0 fully saturated rings. The molecule has 0 atom stereocenters. The highest BCUT2D eigenvalue weighted by Crippen LogP contribution is 2.28. The van der Waals surface area contributed by atoms with Gasteiger partial charge in [-0.25, -0.2) is 15.0 Å². The number of rotatable bonds is 3. The predicted octanol–water partition coefficient (Wildman–Crippen LogP) is 4.20. The summed E-state index contributed by atoms with van der Waals surface area (Å²) in [5.41, 5.74) is 3.91. The molecule has 0 radical (unpaired) electrons. The highest BCUT2D eigenvalue weighted by atomic mass is 32.1. The Morgan fingerprint density at radius 1 is 1.13 bits per heavy atom. The molecular weight excluding hydrogens is 306 g/mol. The third-order valence-electron chi connectivity index (χ3n) is 3.43. The van der Waals surface area contributed by atoms with Gasteiger partial charge in [-0.1, -0.05) is 12.1 Å².